The van der Waals surface area contributed by atoms with Crippen LogP contribution in [0.2, 0.25) is 0 Å². The number of anilines is 1. The minimum Gasteiger partial charge on any atom is -0.478 e. The molecular formula is C12H15NO2. The van der Waals surface area contributed by atoms with Crippen LogP contribution in [0.5, 0.6) is 0 Å². The lowest BCUT2D eigenvalue weighted by Gasteiger charge is -2.20. The molecule has 0 atom stereocenters. The molecule has 0 bridgehead atoms. The summed E-state index contributed by atoms with van der Waals surface area (Å²) in [5.41, 5.74) is 1.11. The lowest BCUT2D eigenvalue weighted by atomic mass is 10.3. The smallest absolute Gasteiger partial charge is 0.328 e. The van der Waals surface area contributed by atoms with Gasteiger partial charge in [-0.2, -0.15) is 0 Å². The van der Waals surface area contributed by atoms with Crippen LogP contribution in [-0.4, -0.2) is 24.2 Å². The number of para-hydroxylation sites is 1. The summed E-state index contributed by atoms with van der Waals surface area (Å²) < 4.78 is 0. The Morgan fingerprint density at radius 2 is 2.07 bits per heavy atom. The second-order valence-electron chi connectivity index (χ2n) is 3.11. The summed E-state index contributed by atoms with van der Waals surface area (Å²) in [6.45, 7) is 3.52. The number of nitrogens with zero attached hydrogens (tertiary/aromatic N) is 1. The molecule has 0 aliphatic carbocycles. The van der Waals surface area contributed by atoms with Crippen LogP contribution >= 0.6 is 0 Å². The molecule has 1 N–H and O–H groups in total. The Hall–Kier alpha value is -1.77. The van der Waals surface area contributed by atoms with Gasteiger partial charge in [0.1, 0.15) is 0 Å². The van der Waals surface area contributed by atoms with Crippen molar-refractivity contribution in [1.82, 2.24) is 0 Å². The van der Waals surface area contributed by atoms with Crippen LogP contribution in [0.15, 0.2) is 42.5 Å². The molecule has 0 aliphatic heterocycles. The summed E-state index contributed by atoms with van der Waals surface area (Å²) in [5.74, 6) is -0.904. The number of carboxylic acid groups (broad SMARTS) is 1. The Balaban J connectivity index is 2.61. The van der Waals surface area contributed by atoms with Gasteiger partial charge in [0.15, 0.2) is 0 Å². The summed E-state index contributed by atoms with van der Waals surface area (Å²) in [7, 11) is 0. The fourth-order valence-corrected chi connectivity index (χ4v) is 1.34. The summed E-state index contributed by atoms with van der Waals surface area (Å²) in [4.78, 5) is 12.4. The largest absolute Gasteiger partial charge is 0.478 e. The van der Waals surface area contributed by atoms with Crippen molar-refractivity contribution in [3.63, 3.8) is 0 Å². The third-order valence-electron chi connectivity index (χ3n) is 2.09. The molecule has 15 heavy (non-hydrogen) atoms. The zero-order chi connectivity index (χ0) is 11.1. The van der Waals surface area contributed by atoms with Gasteiger partial charge >= 0.3 is 5.97 Å². The van der Waals surface area contributed by atoms with E-state index in [0.29, 0.717) is 6.54 Å². The number of carboxylic acids is 1. The van der Waals surface area contributed by atoms with Crippen molar-refractivity contribution in [2.75, 3.05) is 18.0 Å². The van der Waals surface area contributed by atoms with E-state index in [1.165, 1.54) is 6.08 Å². The molecular weight excluding hydrogens is 190 g/mol. The molecule has 3 heteroatoms. The predicted octanol–water partition coefficient (Wildman–Crippen LogP) is 2.15. The molecule has 1 aromatic carbocycles. The van der Waals surface area contributed by atoms with Crippen LogP contribution < -0.4 is 4.90 Å². The normalized spacial score (nSPS) is 10.5. The molecule has 0 heterocycles. The van der Waals surface area contributed by atoms with Crippen LogP contribution in [0.1, 0.15) is 6.92 Å². The van der Waals surface area contributed by atoms with Gasteiger partial charge in [0.2, 0.25) is 0 Å². The number of benzene rings is 1. The van der Waals surface area contributed by atoms with Crippen molar-refractivity contribution in [2.45, 2.75) is 6.92 Å². The molecule has 80 valence electrons. The predicted molar refractivity (Wildman–Crippen MR) is 61.1 cm³/mol. The first kappa shape index (κ1) is 11.3. The maximum absolute atomic E-state index is 10.3. The van der Waals surface area contributed by atoms with E-state index >= 15 is 0 Å². The Bertz CT molecular complexity index is 333. The van der Waals surface area contributed by atoms with Crippen molar-refractivity contribution in [1.29, 1.82) is 0 Å². The lowest BCUT2D eigenvalue weighted by molar-refractivity contribution is -0.131. The minimum atomic E-state index is -0.904. The Labute approximate surface area is 89.6 Å². The molecule has 3 nitrogen and oxygen atoms in total. The highest BCUT2D eigenvalue weighted by Gasteiger charge is 2.00. The maximum Gasteiger partial charge on any atom is 0.328 e. The molecule has 0 spiro atoms. The molecule has 0 aliphatic rings. The van der Waals surface area contributed by atoms with E-state index in [2.05, 4.69) is 4.90 Å². The number of carbonyl (C=O) groups is 1. The first-order valence-electron chi connectivity index (χ1n) is 4.93. The van der Waals surface area contributed by atoms with Crippen molar-refractivity contribution >= 4 is 11.7 Å². The second-order valence-corrected chi connectivity index (χ2v) is 3.11. The zero-order valence-corrected chi connectivity index (χ0v) is 8.76. The van der Waals surface area contributed by atoms with Crippen LogP contribution in [0.25, 0.3) is 0 Å². The molecule has 1 aromatic rings. The molecule has 1 rings (SSSR count). The first-order chi connectivity index (χ1) is 7.24. The molecule has 0 saturated heterocycles. The summed E-state index contributed by atoms with van der Waals surface area (Å²) in [6, 6.07) is 9.93. The molecule has 0 amide bonds. The van der Waals surface area contributed by atoms with E-state index in [1.54, 1.807) is 6.08 Å². The standard InChI is InChI=1S/C12H15NO2/c1-2-13(10-6-9-12(14)15)11-7-4-3-5-8-11/h3-9H,2,10H2,1H3,(H,14,15). The molecule has 0 aromatic heterocycles. The summed E-state index contributed by atoms with van der Waals surface area (Å²) in [6.07, 6.45) is 2.82. The molecule has 0 saturated carbocycles. The highest BCUT2D eigenvalue weighted by atomic mass is 16.4. The van der Waals surface area contributed by atoms with E-state index in [0.717, 1.165) is 12.2 Å². The van der Waals surface area contributed by atoms with E-state index in [9.17, 15) is 4.79 Å². The van der Waals surface area contributed by atoms with Crippen molar-refractivity contribution in [3.8, 4) is 0 Å². The van der Waals surface area contributed by atoms with Crippen LogP contribution in [0.4, 0.5) is 5.69 Å². The Kier molecular flexibility index (Phi) is 4.41. The number of hydrogen-bond donors (Lipinski definition) is 1. The lowest BCUT2D eigenvalue weighted by Crippen LogP contribution is -2.22. The highest BCUT2D eigenvalue weighted by Crippen LogP contribution is 2.12. The quantitative estimate of drug-likeness (QED) is 0.749. The number of aliphatic carboxylic acids is 1. The van der Waals surface area contributed by atoms with E-state index in [4.69, 9.17) is 5.11 Å². The number of rotatable bonds is 5. The van der Waals surface area contributed by atoms with Crippen molar-refractivity contribution < 1.29 is 9.90 Å². The average molecular weight is 205 g/mol. The van der Waals surface area contributed by atoms with E-state index < -0.39 is 5.97 Å². The van der Waals surface area contributed by atoms with Crippen LogP contribution in [0.3, 0.4) is 0 Å². The monoisotopic (exact) mass is 205 g/mol. The van der Waals surface area contributed by atoms with Gasteiger partial charge in [-0.1, -0.05) is 24.3 Å². The van der Waals surface area contributed by atoms with Crippen molar-refractivity contribution in [2.24, 2.45) is 0 Å². The molecule has 0 radical (unpaired) electrons. The van der Waals surface area contributed by atoms with Gasteiger partial charge in [-0.15, -0.1) is 0 Å². The number of hydrogen-bond acceptors (Lipinski definition) is 2. The average Bonchev–Trinajstić information content (AvgIpc) is 2.25. The zero-order valence-electron chi connectivity index (χ0n) is 8.76. The van der Waals surface area contributed by atoms with E-state index in [-0.39, 0.29) is 0 Å². The Morgan fingerprint density at radius 3 is 2.60 bits per heavy atom. The van der Waals surface area contributed by atoms with Crippen molar-refractivity contribution in [3.05, 3.63) is 42.5 Å². The first-order valence-corrected chi connectivity index (χ1v) is 4.93. The third-order valence-corrected chi connectivity index (χ3v) is 2.09. The van der Waals surface area contributed by atoms with Gasteiger partial charge in [-0.25, -0.2) is 4.79 Å². The molecule has 0 unspecified atom stereocenters. The van der Waals surface area contributed by atoms with Gasteiger partial charge in [0.05, 0.1) is 0 Å². The second kappa shape index (κ2) is 5.86. The molecule has 0 fully saturated rings. The van der Waals surface area contributed by atoms with Crippen LogP contribution in [0, 0.1) is 0 Å². The fraction of sp³-hybridized carbons (Fsp3) is 0.250. The van der Waals surface area contributed by atoms with Gasteiger partial charge in [-0.3, -0.25) is 0 Å². The van der Waals surface area contributed by atoms with Gasteiger partial charge in [-0.05, 0) is 19.1 Å². The van der Waals surface area contributed by atoms with Gasteiger partial charge in [0.25, 0.3) is 0 Å². The van der Waals surface area contributed by atoms with Gasteiger partial charge < -0.3 is 10.0 Å². The van der Waals surface area contributed by atoms with E-state index in [1.807, 2.05) is 37.3 Å². The summed E-state index contributed by atoms with van der Waals surface area (Å²) >= 11 is 0. The number of likely N-dealkylation sites (N-methyl/N-ethyl adjacent to an activating group) is 1. The third kappa shape index (κ3) is 3.85. The SMILES string of the molecule is CCN(CC=CC(=O)O)c1ccccc1. The summed E-state index contributed by atoms with van der Waals surface area (Å²) in [5, 5.41) is 8.46. The highest BCUT2D eigenvalue weighted by molar-refractivity contribution is 5.79. The Morgan fingerprint density at radius 1 is 1.40 bits per heavy atom. The minimum absolute atomic E-state index is 0.618. The van der Waals surface area contributed by atoms with Crippen LogP contribution in [-0.2, 0) is 4.79 Å². The van der Waals surface area contributed by atoms with Gasteiger partial charge in [0, 0.05) is 24.9 Å². The fourth-order valence-electron chi connectivity index (χ4n) is 1.34. The maximum atomic E-state index is 10.3. The topological polar surface area (TPSA) is 40.5 Å².